The van der Waals surface area contributed by atoms with Gasteiger partial charge in [0.15, 0.2) is 0 Å². The van der Waals surface area contributed by atoms with Gasteiger partial charge in [-0.15, -0.1) is 0 Å². The summed E-state index contributed by atoms with van der Waals surface area (Å²) in [6.07, 6.45) is 0. The van der Waals surface area contributed by atoms with Crippen LogP contribution in [0.3, 0.4) is 0 Å². The molecule has 1 aromatic rings. The van der Waals surface area contributed by atoms with Crippen molar-refractivity contribution in [3.63, 3.8) is 0 Å². The molecule has 1 aromatic carbocycles. The average molecular weight is 205 g/mol. The van der Waals surface area contributed by atoms with Crippen LogP contribution in [0.15, 0.2) is 18.2 Å². The van der Waals surface area contributed by atoms with Gasteiger partial charge in [-0.2, -0.15) is 0 Å². The van der Waals surface area contributed by atoms with Crippen LogP contribution in [0, 0.1) is 5.92 Å². The number of benzene rings is 1. The van der Waals surface area contributed by atoms with Crippen LogP contribution in [0.2, 0.25) is 0 Å². The van der Waals surface area contributed by atoms with Gasteiger partial charge in [0.25, 0.3) is 0 Å². The summed E-state index contributed by atoms with van der Waals surface area (Å²) in [4.78, 5) is 11.8. The minimum atomic E-state index is -0.0869. The fourth-order valence-electron chi connectivity index (χ4n) is 2.13. The van der Waals surface area contributed by atoms with Crippen molar-refractivity contribution in [3.05, 3.63) is 23.8 Å². The van der Waals surface area contributed by atoms with Crippen molar-refractivity contribution < 1.29 is 9.53 Å². The summed E-state index contributed by atoms with van der Waals surface area (Å²) in [7, 11) is 1.63. The SMILES string of the molecule is COc1cccc2c1C(C(C)C)C(=O)N2. The minimum Gasteiger partial charge on any atom is -0.496 e. The Morgan fingerprint density at radius 2 is 2.13 bits per heavy atom. The predicted octanol–water partition coefficient (Wildman–Crippen LogP) is 2.39. The van der Waals surface area contributed by atoms with Gasteiger partial charge in [0.2, 0.25) is 5.91 Å². The highest BCUT2D eigenvalue weighted by Crippen LogP contribution is 2.42. The highest BCUT2D eigenvalue weighted by atomic mass is 16.5. The number of nitrogens with one attached hydrogen (secondary N) is 1. The molecule has 3 nitrogen and oxygen atoms in total. The lowest BCUT2D eigenvalue weighted by Gasteiger charge is -2.15. The first-order chi connectivity index (χ1) is 7.15. The highest BCUT2D eigenvalue weighted by Gasteiger charge is 2.35. The molecule has 0 saturated heterocycles. The molecular formula is C12H15NO2. The molecule has 0 aromatic heterocycles. The van der Waals surface area contributed by atoms with E-state index in [1.807, 2.05) is 32.0 Å². The monoisotopic (exact) mass is 205 g/mol. The topological polar surface area (TPSA) is 38.3 Å². The maximum Gasteiger partial charge on any atom is 0.232 e. The zero-order valence-electron chi connectivity index (χ0n) is 9.20. The van der Waals surface area contributed by atoms with Crippen LogP contribution in [0.25, 0.3) is 0 Å². The van der Waals surface area contributed by atoms with Gasteiger partial charge in [0.05, 0.1) is 13.0 Å². The average Bonchev–Trinajstić information content (AvgIpc) is 2.53. The molecule has 1 aliphatic heterocycles. The zero-order chi connectivity index (χ0) is 11.0. The van der Waals surface area contributed by atoms with Crippen LogP contribution in [-0.4, -0.2) is 13.0 Å². The number of carbonyl (C=O) groups excluding carboxylic acids is 1. The number of methoxy groups -OCH3 is 1. The third-order valence-corrected chi connectivity index (χ3v) is 2.80. The Morgan fingerprint density at radius 1 is 1.40 bits per heavy atom. The number of carbonyl (C=O) groups is 1. The van der Waals surface area contributed by atoms with Gasteiger partial charge in [0, 0.05) is 11.3 Å². The van der Waals surface area contributed by atoms with Gasteiger partial charge < -0.3 is 10.1 Å². The van der Waals surface area contributed by atoms with Crippen molar-refractivity contribution in [2.45, 2.75) is 19.8 Å². The third kappa shape index (κ3) is 1.48. The fourth-order valence-corrected chi connectivity index (χ4v) is 2.13. The molecule has 1 amide bonds. The normalized spacial score (nSPS) is 18.9. The van der Waals surface area contributed by atoms with E-state index in [0.717, 1.165) is 17.0 Å². The molecular weight excluding hydrogens is 190 g/mol. The second-order valence-corrected chi connectivity index (χ2v) is 4.13. The summed E-state index contributed by atoms with van der Waals surface area (Å²) < 4.78 is 5.29. The van der Waals surface area contributed by atoms with Crippen molar-refractivity contribution in [2.75, 3.05) is 12.4 Å². The van der Waals surface area contributed by atoms with Crippen LogP contribution < -0.4 is 10.1 Å². The van der Waals surface area contributed by atoms with Crippen molar-refractivity contribution >= 4 is 11.6 Å². The standard InChI is InChI=1S/C12H15NO2/c1-7(2)10-11-8(13-12(10)14)5-4-6-9(11)15-3/h4-7,10H,1-3H3,(H,13,14). The van der Waals surface area contributed by atoms with Crippen LogP contribution in [-0.2, 0) is 4.79 Å². The molecule has 0 spiro atoms. The van der Waals surface area contributed by atoms with Crippen LogP contribution in [0.5, 0.6) is 5.75 Å². The summed E-state index contributed by atoms with van der Waals surface area (Å²) in [5.41, 5.74) is 1.89. The van der Waals surface area contributed by atoms with Gasteiger partial charge in [-0.05, 0) is 18.1 Å². The Balaban J connectivity index is 2.54. The fraction of sp³-hybridized carbons (Fsp3) is 0.417. The van der Waals surface area contributed by atoms with E-state index in [-0.39, 0.29) is 17.7 Å². The quantitative estimate of drug-likeness (QED) is 0.805. The number of hydrogen-bond acceptors (Lipinski definition) is 2. The van der Waals surface area contributed by atoms with Gasteiger partial charge in [-0.1, -0.05) is 19.9 Å². The first kappa shape index (κ1) is 10.0. The maximum absolute atomic E-state index is 11.8. The molecule has 0 saturated carbocycles. The van der Waals surface area contributed by atoms with Crippen LogP contribution in [0.1, 0.15) is 25.3 Å². The number of ether oxygens (including phenoxy) is 1. The Labute approximate surface area is 89.4 Å². The van der Waals surface area contributed by atoms with Crippen molar-refractivity contribution in [1.29, 1.82) is 0 Å². The van der Waals surface area contributed by atoms with Gasteiger partial charge in [-0.3, -0.25) is 4.79 Å². The third-order valence-electron chi connectivity index (χ3n) is 2.80. The first-order valence-corrected chi connectivity index (χ1v) is 5.13. The number of anilines is 1. The van der Waals surface area contributed by atoms with E-state index in [0.29, 0.717) is 0 Å². The summed E-state index contributed by atoms with van der Waals surface area (Å²) in [5.74, 6) is 1.06. The smallest absolute Gasteiger partial charge is 0.232 e. The number of hydrogen-bond donors (Lipinski definition) is 1. The molecule has 1 atom stereocenters. The lowest BCUT2D eigenvalue weighted by Crippen LogP contribution is -2.17. The molecule has 0 radical (unpaired) electrons. The summed E-state index contributed by atoms with van der Waals surface area (Å²) in [5, 5.41) is 2.88. The summed E-state index contributed by atoms with van der Waals surface area (Å²) in [6, 6.07) is 5.70. The van der Waals surface area contributed by atoms with Crippen LogP contribution >= 0.6 is 0 Å². The maximum atomic E-state index is 11.8. The Kier molecular flexibility index (Phi) is 2.39. The van der Waals surface area contributed by atoms with Crippen molar-refractivity contribution in [2.24, 2.45) is 5.92 Å². The van der Waals surface area contributed by atoms with Gasteiger partial charge in [-0.25, -0.2) is 0 Å². The Bertz CT molecular complexity index is 399. The van der Waals surface area contributed by atoms with E-state index >= 15 is 0 Å². The lowest BCUT2D eigenvalue weighted by molar-refractivity contribution is -0.117. The molecule has 15 heavy (non-hydrogen) atoms. The Morgan fingerprint density at radius 3 is 2.73 bits per heavy atom. The van der Waals surface area contributed by atoms with Crippen molar-refractivity contribution in [3.8, 4) is 5.75 Å². The molecule has 2 rings (SSSR count). The largest absolute Gasteiger partial charge is 0.496 e. The molecule has 3 heteroatoms. The molecule has 0 fully saturated rings. The second-order valence-electron chi connectivity index (χ2n) is 4.13. The van der Waals surface area contributed by atoms with Gasteiger partial charge in [0.1, 0.15) is 5.75 Å². The number of rotatable bonds is 2. The van der Waals surface area contributed by atoms with Crippen LogP contribution in [0.4, 0.5) is 5.69 Å². The highest BCUT2D eigenvalue weighted by molar-refractivity contribution is 6.04. The van der Waals surface area contributed by atoms with E-state index in [9.17, 15) is 4.79 Å². The minimum absolute atomic E-state index is 0.0736. The Hall–Kier alpha value is -1.51. The molecule has 80 valence electrons. The van der Waals surface area contributed by atoms with E-state index < -0.39 is 0 Å². The van der Waals surface area contributed by atoms with E-state index in [2.05, 4.69) is 5.32 Å². The van der Waals surface area contributed by atoms with E-state index in [1.54, 1.807) is 7.11 Å². The van der Waals surface area contributed by atoms with Crippen molar-refractivity contribution in [1.82, 2.24) is 0 Å². The summed E-state index contributed by atoms with van der Waals surface area (Å²) in [6.45, 7) is 4.09. The molecule has 1 aliphatic rings. The first-order valence-electron chi connectivity index (χ1n) is 5.13. The van der Waals surface area contributed by atoms with Gasteiger partial charge >= 0.3 is 0 Å². The van der Waals surface area contributed by atoms with E-state index in [1.165, 1.54) is 0 Å². The molecule has 1 N–H and O–H groups in total. The van der Waals surface area contributed by atoms with E-state index in [4.69, 9.17) is 4.74 Å². The number of fused-ring (bicyclic) bond motifs is 1. The zero-order valence-corrected chi connectivity index (χ0v) is 9.20. The number of amides is 1. The molecule has 1 unspecified atom stereocenters. The second kappa shape index (κ2) is 3.57. The molecule has 0 bridgehead atoms. The molecule has 1 heterocycles. The summed E-state index contributed by atoms with van der Waals surface area (Å²) >= 11 is 0. The molecule has 0 aliphatic carbocycles. The lowest BCUT2D eigenvalue weighted by atomic mass is 9.89. The predicted molar refractivity (Wildman–Crippen MR) is 59.2 cm³/mol.